The van der Waals surface area contributed by atoms with E-state index >= 15 is 0 Å². The van der Waals surface area contributed by atoms with Gasteiger partial charge in [-0.05, 0) is 205 Å². The first-order chi connectivity index (χ1) is 41.5. The van der Waals surface area contributed by atoms with E-state index in [2.05, 4.69) is 265 Å². The molecule has 3 saturated heterocycles. The molecule has 9 nitrogen and oxygen atoms in total. The van der Waals surface area contributed by atoms with Crippen LogP contribution in [-0.4, -0.2) is 69.9 Å². The smallest absolute Gasteiger partial charge is 0.399 e. The molecule has 3 aliphatic heterocycles. The first kappa shape index (κ1) is 58.7. The molecule has 9 aromatic rings. The zero-order valence-corrected chi connectivity index (χ0v) is 52.4. The molecule has 6 heterocycles. The van der Waals surface area contributed by atoms with Crippen LogP contribution in [0, 0.1) is 0 Å². The molecule has 0 unspecified atom stereocenters. The van der Waals surface area contributed by atoms with Gasteiger partial charge in [-0.3, -0.25) is 15.0 Å². The molecule has 0 atom stereocenters. The summed E-state index contributed by atoms with van der Waals surface area (Å²) in [5, 5.41) is 0. The van der Waals surface area contributed by atoms with Crippen LogP contribution in [0.25, 0.3) is 67.2 Å². The fourth-order valence-corrected chi connectivity index (χ4v) is 13.1. The monoisotopic (exact) mass is 1150 g/mol. The molecule has 0 spiro atoms. The van der Waals surface area contributed by atoms with Crippen LogP contribution in [0.3, 0.4) is 0 Å². The van der Waals surface area contributed by atoms with E-state index in [0.29, 0.717) is 0 Å². The van der Waals surface area contributed by atoms with Gasteiger partial charge in [0, 0.05) is 35.3 Å². The molecule has 0 radical (unpaired) electrons. The highest BCUT2D eigenvalue weighted by Gasteiger charge is 2.54. The van der Waals surface area contributed by atoms with E-state index in [9.17, 15) is 0 Å². The third kappa shape index (κ3) is 11.3. The van der Waals surface area contributed by atoms with Gasteiger partial charge in [-0.25, -0.2) is 0 Å². The Hall–Kier alpha value is -7.28. The van der Waals surface area contributed by atoms with Crippen molar-refractivity contribution in [2.24, 2.45) is 0 Å². The molecule has 438 valence electrons. The molecule has 0 N–H and O–H groups in total. The van der Waals surface area contributed by atoms with Gasteiger partial charge in [0.25, 0.3) is 0 Å². The van der Waals surface area contributed by atoms with Gasteiger partial charge in [-0.1, -0.05) is 164 Å². The molecule has 12 heteroatoms. The average Bonchev–Trinajstić information content (AvgIpc) is 1.96. The highest BCUT2D eigenvalue weighted by Crippen LogP contribution is 2.53. The summed E-state index contributed by atoms with van der Waals surface area (Å²) < 4.78 is 38.7. The van der Waals surface area contributed by atoms with Crippen molar-refractivity contribution in [2.75, 3.05) is 0 Å². The van der Waals surface area contributed by atoms with E-state index in [1.165, 1.54) is 33.4 Å². The van der Waals surface area contributed by atoms with Gasteiger partial charge in [-0.2, -0.15) is 0 Å². The van der Waals surface area contributed by atoms with Crippen molar-refractivity contribution in [3.8, 4) is 67.2 Å². The van der Waals surface area contributed by atoms with E-state index in [1.807, 2.05) is 18.6 Å². The third-order valence-corrected chi connectivity index (χ3v) is 20.3. The Kier molecular flexibility index (Phi) is 15.1. The molecule has 0 amide bonds. The molecule has 0 bridgehead atoms. The molecule has 1 saturated carbocycles. The standard InChI is InChI=1S/C75H78B3N3O6/c1-70(2)71(3,4)83-76(82-70)58-25-19-22-49(43-58)67-37-34-52(46-79-67)61-28-13-16-31-64(61)55-40-56(65-32-17-14-29-62(65)53-35-38-68(80-47-53)50-23-20-26-59(44-50)77-84-72(5,6)73(7,8)85-77)42-57(41-55)66-33-18-15-30-63(66)54-36-39-69(81-48-54)51-24-21-27-60(45-51)78-86-74(9,10)75(11,12)87-78/h13-39,43-48,55-57H,40-42H2,1-12H3. The summed E-state index contributed by atoms with van der Waals surface area (Å²) in [7, 11) is -1.36. The van der Waals surface area contributed by atoms with Crippen molar-refractivity contribution < 1.29 is 27.9 Å². The van der Waals surface area contributed by atoms with Crippen molar-refractivity contribution in [1.82, 2.24) is 15.0 Å². The normalized spacial score (nSPS) is 21.5. The minimum Gasteiger partial charge on any atom is -0.399 e. The number of rotatable bonds is 12. The number of nitrogens with zero attached hydrogens (tertiary/aromatic N) is 3. The maximum absolute atomic E-state index is 6.45. The van der Waals surface area contributed by atoms with Crippen LogP contribution in [0.15, 0.2) is 201 Å². The predicted molar refractivity (Wildman–Crippen MR) is 355 cm³/mol. The van der Waals surface area contributed by atoms with Crippen LogP contribution in [0.4, 0.5) is 0 Å². The Morgan fingerprint density at radius 3 is 0.782 bits per heavy atom. The van der Waals surface area contributed by atoms with E-state index in [-0.39, 0.29) is 17.8 Å². The van der Waals surface area contributed by atoms with Crippen LogP contribution in [0.2, 0.25) is 0 Å². The van der Waals surface area contributed by atoms with E-state index in [0.717, 1.165) is 86.1 Å². The lowest BCUT2D eigenvalue weighted by Crippen LogP contribution is -2.41. The summed E-state index contributed by atoms with van der Waals surface area (Å²) >= 11 is 0. The van der Waals surface area contributed by atoms with Gasteiger partial charge in [0.05, 0.1) is 50.7 Å². The third-order valence-electron chi connectivity index (χ3n) is 20.3. The first-order valence-electron chi connectivity index (χ1n) is 31.1. The molecule has 87 heavy (non-hydrogen) atoms. The van der Waals surface area contributed by atoms with Crippen molar-refractivity contribution in [1.29, 1.82) is 0 Å². The predicted octanol–water partition coefficient (Wildman–Crippen LogP) is 15.6. The molecule has 4 fully saturated rings. The largest absolute Gasteiger partial charge is 0.494 e. The summed E-state index contributed by atoms with van der Waals surface area (Å²) in [5.41, 5.74) is 17.0. The van der Waals surface area contributed by atoms with Gasteiger partial charge in [0.1, 0.15) is 0 Å². The van der Waals surface area contributed by atoms with Crippen molar-refractivity contribution in [2.45, 2.75) is 154 Å². The number of hydrogen-bond acceptors (Lipinski definition) is 9. The number of pyridine rings is 3. The summed E-state index contributed by atoms with van der Waals surface area (Å²) in [6.07, 6.45) is 9.07. The average molecular weight is 1150 g/mol. The Bertz CT molecular complexity index is 3530. The summed E-state index contributed by atoms with van der Waals surface area (Å²) in [5.74, 6) is 0.655. The lowest BCUT2D eigenvalue weighted by atomic mass is 9.66. The highest BCUT2D eigenvalue weighted by molar-refractivity contribution is 6.63. The topological polar surface area (TPSA) is 94.1 Å². The lowest BCUT2D eigenvalue weighted by molar-refractivity contribution is 0.00578. The van der Waals surface area contributed by atoms with Gasteiger partial charge < -0.3 is 27.9 Å². The molecule has 1 aliphatic carbocycles. The van der Waals surface area contributed by atoms with E-state index in [1.54, 1.807) is 0 Å². The van der Waals surface area contributed by atoms with Crippen LogP contribution in [-0.2, 0) is 27.9 Å². The second-order valence-corrected chi connectivity index (χ2v) is 27.5. The highest BCUT2D eigenvalue weighted by atomic mass is 16.7. The summed E-state index contributed by atoms with van der Waals surface area (Å²) in [4.78, 5) is 15.5. The van der Waals surface area contributed by atoms with Crippen LogP contribution < -0.4 is 16.4 Å². The fourth-order valence-electron chi connectivity index (χ4n) is 13.1. The first-order valence-corrected chi connectivity index (χ1v) is 31.1. The Balaban J connectivity index is 0.827. The summed E-state index contributed by atoms with van der Waals surface area (Å²) in [6.45, 7) is 25.1. The second kappa shape index (κ2) is 22.4. The minimum absolute atomic E-state index is 0.218. The molecule has 4 aliphatic rings. The SMILES string of the molecule is CC1(C)OB(c2cccc(-c3ccc(-c4ccccc4C4CC(c5ccccc5-c5ccc(-c6cccc(B7OC(C)(C)C(C)(C)O7)c6)nc5)CC(c5ccccc5-c5ccc(-c6cccc(B7OC(C)(C)C(C)(C)O7)c6)nc5)C4)cn3)c2)OC1(C)C. The number of aromatic nitrogens is 3. The maximum Gasteiger partial charge on any atom is 0.494 e. The number of hydrogen-bond donors (Lipinski definition) is 0. The Morgan fingerprint density at radius 1 is 0.287 bits per heavy atom. The van der Waals surface area contributed by atoms with Crippen LogP contribution in [0.5, 0.6) is 0 Å². The van der Waals surface area contributed by atoms with Crippen molar-refractivity contribution in [3.63, 3.8) is 0 Å². The van der Waals surface area contributed by atoms with Gasteiger partial charge in [-0.15, -0.1) is 0 Å². The molecule has 6 aromatic carbocycles. The minimum atomic E-state index is -0.454. The summed E-state index contributed by atoms with van der Waals surface area (Å²) in [6, 6.07) is 65.4. The molecular formula is C75H78B3N3O6. The van der Waals surface area contributed by atoms with E-state index in [4.69, 9.17) is 42.9 Å². The van der Waals surface area contributed by atoms with Gasteiger partial charge in [0.15, 0.2) is 0 Å². The van der Waals surface area contributed by atoms with Gasteiger partial charge >= 0.3 is 21.4 Å². The maximum atomic E-state index is 6.45. The zero-order chi connectivity index (χ0) is 60.7. The van der Waals surface area contributed by atoms with Crippen LogP contribution >= 0.6 is 0 Å². The molecule has 13 rings (SSSR count). The second-order valence-electron chi connectivity index (χ2n) is 27.5. The van der Waals surface area contributed by atoms with Crippen molar-refractivity contribution in [3.05, 3.63) is 217 Å². The quantitative estimate of drug-likeness (QED) is 0.111. The molecular weight excluding hydrogens is 1070 g/mol. The molecule has 3 aromatic heterocycles. The van der Waals surface area contributed by atoms with Gasteiger partial charge in [0.2, 0.25) is 0 Å². The van der Waals surface area contributed by atoms with E-state index < -0.39 is 55.0 Å². The lowest BCUT2D eigenvalue weighted by Gasteiger charge is -2.38. The Morgan fingerprint density at radius 2 is 0.540 bits per heavy atom. The zero-order valence-electron chi connectivity index (χ0n) is 52.4. The number of benzene rings is 6. The Labute approximate surface area is 516 Å². The van der Waals surface area contributed by atoms with Crippen molar-refractivity contribution >= 4 is 37.7 Å². The fraction of sp³-hybridized carbons (Fsp3) is 0.320. The van der Waals surface area contributed by atoms with Crippen LogP contribution in [0.1, 0.15) is 137 Å².